The van der Waals surface area contributed by atoms with Crippen molar-refractivity contribution in [3.8, 4) is 0 Å². The van der Waals surface area contributed by atoms with Crippen LogP contribution in [-0.2, 0) is 14.8 Å². The van der Waals surface area contributed by atoms with Crippen molar-refractivity contribution in [3.63, 3.8) is 0 Å². The summed E-state index contributed by atoms with van der Waals surface area (Å²) < 4.78 is 38.9. The van der Waals surface area contributed by atoms with Crippen LogP contribution in [0.3, 0.4) is 0 Å². The number of anilines is 1. The van der Waals surface area contributed by atoms with E-state index in [1.807, 2.05) is 37.3 Å². The number of carbonyl (C=O) groups is 1. The Labute approximate surface area is 160 Å². The van der Waals surface area contributed by atoms with Gasteiger partial charge < -0.3 is 5.32 Å². The van der Waals surface area contributed by atoms with Gasteiger partial charge in [-0.15, -0.1) is 0 Å². The summed E-state index contributed by atoms with van der Waals surface area (Å²) in [7, 11) is -3.64. The maximum Gasteiger partial charge on any atom is 0.232 e. The summed E-state index contributed by atoms with van der Waals surface area (Å²) in [5.74, 6) is -0.579. The standard InChI is InChI=1S/C20H25FN2O3S/c1-16(17-9-4-3-5-10-17)15-22-20(24)13-8-14-23(27(2,25)26)19-12-7-6-11-18(19)21/h3-7,9-12,16H,8,13-15H2,1-2H3,(H,22,24)/t16-/m0/s1. The molecule has 0 saturated heterocycles. The predicted molar refractivity (Wildman–Crippen MR) is 106 cm³/mol. The van der Waals surface area contributed by atoms with E-state index in [4.69, 9.17) is 0 Å². The van der Waals surface area contributed by atoms with E-state index in [1.165, 1.54) is 18.2 Å². The first kappa shape index (κ1) is 20.9. The van der Waals surface area contributed by atoms with Crippen molar-refractivity contribution in [3.05, 3.63) is 66.0 Å². The third kappa shape index (κ3) is 6.36. The molecule has 1 atom stereocenters. The lowest BCUT2D eigenvalue weighted by Crippen LogP contribution is -2.33. The first-order valence-corrected chi connectivity index (χ1v) is 10.7. The average Bonchev–Trinajstić information content (AvgIpc) is 2.64. The van der Waals surface area contributed by atoms with Gasteiger partial charge >= 0.3 is 0 Å². The van der Waals surface area contributed by atoms with Crippen molar-refractivity contribution in [2.24, 2.45) is 0 Å². The quantitative estimate of drug-likeness (QED) is 0.712. The number of nitrogens with one attached hydrogen (secondary N) is 1. The SMILES string of the molecule is C[C@@H](CNC(=O)CCCN(c1ccccc1F)S(C)(=O)=O)c1ccccc1. The van der Waals surface area contributed by atoms with Gasteiger partial charge in [0.05, 0.1) is 11.9 Å². The summed E-state index contributed by atoms with van der Waals surface area (Å²) in [5.41, 5.74) is 1.14. The minimum Gasteiger partial charge on any atom is -0.356 e. The van der Waals surface area contributed by atoms with Crippen LogP contribution in [-0.4, -0.2) is 33.7 Å². The minimum atomic E-state index is -3.64. The highest BCUT2D eigenvalue weighted by Crippen LogP contribution is 2.21. The number of hydrogen-bond donors (Lipinski definition) is 1. The fourth-order valence-corrected chi connectivity index (χ4v) is 3.72. The molecule has 2 aromatic rings. The third-order valence-electron chi connectivity index (χ3n) is 4.26. The van der Waals surface area contributed by atoms with E-state index < -0.39 is 15.8 Å². The van der Waals surface area contributed by atoms with Crippen LogP contribution in [0.15, 0.2) is 54.6 Å². The van der Waals surface area contributed by atoms with Gasteiger partial charge in [-0.2, -0.15) is 0 Å². The van der Waals surface area contributed by atoms with Gasteiger partial charge in [0, 0.05) is 19.5 Å². The highest BCUT2D eigenvalue weighted by atomic mass is 32.2. The Bertz CT molecular complexity index is 857. The highest BCUT2D eigenvalue weighted by Gasteiger charge is 2.20. The van der Waals surface area contributed by atoms with Gasteiger partial charge in [-0.25, -0.2) is 12.8 Å². The number of nitrogens with zero attached hydrogens (tertiary/aromatic N) is 1. The largest absolute Gasteiger partial charge is 0.356 e. The molecule has 0 fully saturated rings. The number of sulfonamides is 1. The number of benzene rings is 2. The van der Waals surface area contributed by atoms with Gasteiger partial charge in [-0.3, -0.25) is 9.10 Å². The van der Waals surface area contributed by atoms with Crippen molar-refractivity contribution in [2.45, 2.75) is 25.7 Å². The van der Waals surface area contributed by atoms with Crippen LogP contribution >= 0.6 is 0 Å². The molecule has 0 bridgehead atoms. The minimum absolute atomic E-state index is 0.00175. The molecule has 0 radical (unpaired) electrons. The van der Waals surface area contributed by atoms with E-state index in [0.717, 1.165) is 16.1 Å². The molecule has 0 spiro atoms. The zero-order valence-corrected chi connectivity index (χ0v) is 16.4. The molecule has 0 aliphatic carbocycles. The second-order valence-electron chi connectivity index (χ2n) is 6.51. The number of halogens is 1. The molecule has 7 heteroatoms. The second kappa shape index (κ2) is 9.50. The summed E-state index contributed by atoms with van der Waals surface area (Å²) in [6.45, 7) is 2.58. The fourth-order valence-electron chi connectivity index (χ4n) is 2.76. The lowest BCUT2D eigenvalue weighted by Gasteiger charge is -2.22. The molecule has 0 unspecified atom stereocenters. The molecule has 27 heavy (non-hydrogen) atoms. The molecule has 2 aromatic carbocycles. The summed E-state index contributed by atoms with van der Waals surface area (Å²) in [4.78, 5) is 12.1. The molecular formula is C20H25FN2O3S. The summed E-state index contributed by atoms with van der Waals surface area (Å²) in [6.07, 6.45) is 1.50. The lowest BCUT2D eigenvalue weighted by molar-refractivity contribution is -0.121. The van der Waals surface area contributed by atoms with Gasteiger partial charge in [-0.1, -0.05) is 49.4 Å². The van der Waals surface area contributed by atoms with Gasteiger partial charge in [-0.05, 0) is 30.0 Å². The summed E-state index contributed by atoms with van der Waals surface area (Å²) >= 11 is 0. The van der Waals surface area contributed by atoms with Gasteiger partial charge in [0.1, 0.15) is 5.82 Å². The predicted octanol–water partition coefficient (Wildman–Crippen LogP) is 3.29. The fraction of sp³-hybridized carbons (Fsp3) is 0.350. The molecule has 5 nitrogen and oxygen atoms in total. The molecule has 2 rings (SSSR count). The molecule has 0 aliphatic rings. The van der Waals surface area contributed by atoms with Crippen molar-refractivity contribution in [1.82, 2.24) is 5.32 Å². The third-order valence-corrected chi connectivity index (χ3v) is 5.44. The molecule has 0 aliphatic heterocycles. The number of rotatable bonds is 9. The molecule has 1 N–H and O–H groups in total. The molecule has 1 amide bonds. The van der Waals surface area contributed by atoms with Gasteiger partial charge in [0.15, 0.2) is 0 Å². The number of hydrogen-bond acceptors (Lipinski definition) is 3. The molecule has 0 aromatic heterocycles. The van der Waals surface area contributed by atoms with Crippen molar-refractivity contribution >= 4 is 21.6 Å². The van der Waals surface area contributed by atoms with Crippen molar-refractivity contribution < 1.29 is 17.6 Å². The monoisotopic (exact) mass is 392 g/mol. The van der Waals surface area contributed by atoms with E-state index in [9.17, 15) is 17.6 Å². The van der Waals surface area contributed by atoms with Crippen LogP contribution in [0, 0.1) is 5.82 Å². The zero-order valence-electron chi connectivity index (χ0n) is 15.6. The molecular weight excluding hydrogens is 367 g/mol. The van der Waals surface area contributed by atoms with Crippen LogP contribution in [0.25, 0.3) is 0 Å². The highest BCUT2D eigenvalue weighted by molar-refractivity contribution is 7.92. The van der Waals surface area contributed by atoms with Crippen LogP contribution in [0.2, 0.25) is 0 Å². The van der Waals surface area contributed by atoms with Crippen LogP contribution < -0.4 is 9.62 Å². The molecule has 0 saturated carbocycles. The number of para-hydroxylation sites is 1. The van der Waals surface area contributed by atoms with E-state index in [-0.39, 0.29) is 30.5 Å². The summed E-state index contributed by atoms with van der Waals surface area (Å²) in [5, 5.41) is 2.86. The Kier molecular flexibility index (Phi) is 7.36. The van der Waals surface area contributed by atoms with Crippen LogP contribution in [0.4, 0.5) is 10.1 Å². The van der Waals surface area contributed by atoms with E-state index in [2.05, 4.69) is 5.32 Å². The first-order valence-electron chi connectivity index (χ1n) is 8.83. The Morgan fingerprint density at radius 3 is 2.37 bits per heavy atom. The van der Waals surface area contributed by atoms with Crippen molar-refractivity contribution in [1.29, 1.82) is 0 Å². The average molecular weight is 392 g/mol. The molecule has 146 valence electrons. The normalized spacial score (nSPS) is 12.4. The zero-order chi connectivity index (χ0) is 19.9. The first-order chi connectivity index (χ1) is 12.8. The topological polar surface area (TPSA) is 66.5 Å². The van der Waals surface area contributed by atoms with E-state index >= 15 is 0 Å². The number of amides is 1. The number of carbonyl (C=O) groups excluding carboxylic acids is 1. The Morgan fingerprint density at radius 2 is 1.74 bits per heavy atom. The van der Waals surface area contributed by atoms with Crippen LogP contribution in [0.5, 0.6) is 0 Å². The van der Waals surface area contributed by atoms with E-state index in [0.29, 0.717) is 13.0 Å². The van der Waals surface area contributed by atoms with Gasteiger partial charge in [0.25, 0.3) is 0 Å². The maximum absolute atomic E-state index is 13.9. The molecule has 0 heterocycles. The smallest absolute Gasteiger partial charge is 0.232 e. The Morgan fingerprint density at radius 1 is 1.11 bits per heavy atom. The van der Waals surface area contributed by atoms with Gasteiger partial charge in [0.2, 0.25) is 15.9 Å². The van der Waals surface area contributed by atoms with Crippen LogP contribution in [0.1, 0.15) is 31.2 Å². The Hall–Kier alpha value is -2.41. The maximum atomic E-state index is 13.9. The Balaban J connectivity index is 1.86. The lowest BCUT2D eigenvalue weighted by atomic mass is 10.0. The van der Waals surface area contributed by atoms with Crippen molar-refractivity contribution in [2.75, 3.05) is 23.7 Å². The second-order valence-corrected chi connectivity index (χ2v) is 8.41. The summed E-state index contributed by atoms with van der Waals surface area (Å²) in [6, 6.07) is 15.6. The van der Waals surface area contributed by atoms with E-state index in [1.54, 1.807) is 6.07 Å².